The van der Waals surface area contributed by atoms with Gasteiger partial charge in [-0.2, -0.15) is 0 Å². The van der Waals surface area contributed by atoms with E-state index >= 15 is 0 Å². The fourth-order valence-corrected chi connectivity index (χ4v) is 3.05. The second-order valence-corrected chi connectivity index (χ2v) is 5.36. The van der Waals surface area contributed by atoms with Crippen molar-refractivity contribution in [3.8, 4) is 5.75 Å². The lowest BCUT2D eigenvalue weighted by atomic mass is 10.1. The molecule has 0 unspecified atom stereocenters. The van der Waals surface area contributed by atoms with Crippen molar-refractivity contribution in [2.75, 3.05) is 0 Å². The summed E-state index contributed by atoms with van der Waals surface area (Å²) in [4.78, 5) is 22.7. The number of rotatable bonds is 3. The summed E-state index contributed by atoms with van der Waals surface area (Å²) in [6.45, 7) is 3.37. The van der Waals surface area contributed by atoms with Gasteiger partial charge in [0.25, 0.3) is 5.56 Å². The Morgan fingerprint density at radius 2 is 2.19 bits per heavy atom. The number of hydrogen-bond acceptors (Lipinski definition) is 3. The van der Waals surface area contributed by atoms with E-state index in [1.807, 2.05) is 52.4 Å². The van der Waals surface area contributed by atoms with Crippen molar-refractivity contribution in [2.45, 2.75) is 26.7 Å². The van der Waals surface area contributed by atoms with Crippen LogP contribution in [0.2, 0.25) is 0 Å². The van der Waals surface area contributed by atoms with Gasteiger partial charge in [-0.25, -0.2) is 0 Å². The molecule has 1 aromatic rings. The molecule has 1 heterocycles. The van der Waals surface area contributed by atoms with Crippen LogP contribution in [0, 0.1) is 3.57 Å². The van der Waals surface area contributed by atoms with Gasteiger partial charge in [-0.1, -0.05) is 13.3 Å². The highest BCUT2D eigenvalue weighted by Gasteiger charge is 2.14. The number of pyridine rings is 1. The average Bonchev–Trinajstić information content (AvgIpc) is 2.20. The van der Waals surface area contributed by atoms with Crippen LogP contribution in [0.15, 0.2) is 11.0 Å². The predicted octanol–water partition coefficient (Wildman–Crippen LogP) is 2.53. The van der Waals surface area contributed by atoms with Crippen LogP contribution in [-0.2, 0) is 11.2 Å². The lowest BCUT2D eigenvalue weighted by Gasteiger charge is -2.11. The summed E-state index contributed by atoms with van der Waals surface area (Å²) >= 11 is 3.87. The van der Waals surface area contributed by atoms with E-state index in [0.717, 1.165) is 18.4 Å². The quantitative estimate of drug-likeness (QED) is 0.529. The number of esters is 1. The average molecular weight is 447 g/mol. The maximum Gasteiger partial charge on any atom is 0.308 e. The third-order valence-electron chi connectivity index (χ3n) is 1.93. The monoisotopic (exact) mass is 447 g/mol. The Balaban J connectivity index is 3.34. The van der Waals surface area contributed by atoms with Crippen molar-refractivity contribution in [1.29, 1.82) is 0 Å². The molecule has 0 saturated heterocycles. The van der Waals surface area contributed by atoms with Crippen molar-refractivity contribution < 1.29 is 9.53 Å². The van der Waals surface area contributed by atoms with Crippen molar-refractivity contribution in [3.05, 3.63) is 25.7 Å². The Hall–Kier alpha value is -0.120. The Morgan fingerprint density at radius 3 is 2.69 bits per heavy atom. The Labute approximate surface area is 121 Å². The summed E-state index contributed by atoms with van der Waals surface area (Å²) < 4.78 is 7.12. The molecular formula is C10H11I2NO3. The molecule has 0 amide bonds. The van der Waals surface area contributed by atoms with Crippen LogP contribution in [0.5, 0.6) is 5.75 Å². The van der Waals surface area contributed by atoms with E-state index in [-0.39, 0.29) is 11.5 Å². The summed E-state index contributed by atoms with van der Waals surface area (Å²) in [5.41, 5.74) is 0.747. The highest BCUT2D eigenvalue weighted by molar-refractivity contribution is 14.1. The van der Waals surface area contributed by atoms with Crippen LogP contribution < -0.4 is 10.3 Å². The molecule has 0 aliphatic rings. The van der Waals surface area contributed by atoms with Gasteiger partial charge in [0.15, 0.2) is 5.75 Å². The van der Waals surface area contributed by atoms with Gasteiger partial charge in [0.05, 0.1) is 32.6 Å². The molecule has 0 N–H and O–H groups in total. The molecule has 1 rings (SSSR count). The van der Waals surface area contributed by atoms with Gasteiger partial charge in [0.2, 0.25) is 0 Å². The zero-order chi connectivity index (χ0) is 12.3. The molecule has 0 radical (unpaired) electrons. The van der Waals surface area contributed by atoms with Gasteiger partial charge in [-0.3, -0.25) is 12.4 Å². The molecule has 0 aliphatic carbocycles. The Morgan fingerprint density at radius 1 is 1.56 bits per heavy atom. The molecule has 0 atom stereocenters. The maximum atomic E-state index is 11.7. The van der Waals surface area contributed by atoms with E-state index in [1.54, 1.807) is 6.20 Å². The van der Waals surface area contributed by atoms with Gasteiger partial charge >= 0.3 is 5.97 Å². The first kappa shape index (κ1) is 13.9. The Kier molecular flexibility index (Phi) is 5.22. The van der Waals surface area contributed by atoms with Crippen LogP contribution in [0.1, 0.15) is 25.8 Å². The van der Waals surface area contributed by atoms with Crippen molar-refractivity contribution in [3.63, 3.8) is 0 Å². The van der Waals surface area contributed by atoms with E-state index in [9.17, 15) is 9.59 Å². The molecule has 0 spiro atoms. The molecule has 0 fully saturated rings. The van der Waals surface area contributed by atoms with Gasteiger partial charge in [-0.05, 0) is 29.0 Å². The van der Waals surface area contributed by atoms with Gasteiger partial charge in [0.1, 0.15) is 0 Å². The van der Waals surface area contributed by atoms with Gasteiger partial charge < -0.3 is 4.74 Å². The van der Waals surface area contributed by atoms with Crippen LogP contribution in [-0.4, -0.2) is 8.75 Å². The first-order valence-electron chi connectivity index (χ1n) is 4.76. The van der Waals surface area contributed by atoms with Crippen molar-refractivity contribution >= 4 is 51.4 Å². The van der Waals surface area contributed by atoms with Crippen LogP contribution in [0.3, 0.4) is 0 Å². The fourth-order valence-electron chi connectivity index (χ4n) is 1.30. The first-order chi connectivity index (χ1) is 7.47. The molecule has 1 aromatic heterocycles. The number of hydrogen-bond donors (Lipinski definition) is 0. The number of nitrogens with zero attached hydrogens (tertiary/aromatic N) is 1. The molecule has 6 heteroatoms. The lowest BCUT2D eigenvalue weighted by Crippen LogP contribution is -2.19. The number of aromatic nitrogens is 1. The van der Waals surface area contributed by atoms with Gasteiger partial charge in [0, 0.05) is 12.5 Å². The number of carbonyl (C=O) groups is 1. The van der Waals surface area contributed by atoms with E-state index in [1.165, 1.54) is 9.70 Å². The summed E-state index contributed by atoms with van der Waals surface area (Å²) in [5.74, 6) is 0.107. The third-order valence-corrected chi connectivity index (χ3v) is 3.76. The van der Waals surface area contributed by atoms with Gasteiger partial charge in [-0.15, -0.1) is 0 Å². The normalized spacial score (nSPS) is 10.2. The SMILES string of the molecule is CCCc1c(OC(C)=O)cn(I)c(=O)c1I. The maximum absolute atomic E-state index is 11.7. The summed E-state index contributed by atoms with van der Waals surface area (Å²) in [6.07, 6.45) is 3.18. The predicted molar refractivity (Wildman–Crippen MR) is 78.1 cm³/mol. The Bertz CT molecular complexity index is 468. The zero-order valence-electron chi connectivity index (χ0n) is 8.92. The minimum Gasteiger partial charge on any atom is -0.425 e. The highest BCUT2D eigenvalue weighted by Crippen LogP contribution is 2.23. The first-order valence-corrected chi connectivity index (χ1v) is 6.80. The van der Waals surface area contributed by atoms with Crippen molar-refractivity contribution in [1.82, 2.24) is 2.78 Å². The number of carbonyl (C=O) groups excluding carboxylic acids is 1. The van der Waals surface area contributed by atoms with Crippen LogP contribution in [0.4, 0.5) is 0 Å². The minimum atomic E-state index is -0.372. The molecule has 0 aliphatic heterocycles. The largest absolute Gasteiger partial charge is 0.425 e. The number of ether oxygens (including phenoxy) is 1. The second-order valence-electron chi connectivity index (χ2n) is 3.25. The smallest absolute Gasteiger partial charge is 0.308 e. The molecule has 0 aromatic carbocycles. The van der Waals surface area contributed by atoms with Crippen LogP contribution >= 0.6 is 45.5 Å². The highest BCUT2D eigenvalue weighted by atomic mass is 127. The summed E-state index contributed by atoms with van der Waals surface area (Å²) in [6, 6.07) is 0. The molecular weight excluding hydrogens is 436 g/mol. The minimum absolute atomic E-state index is 0.0689. The standard InChI is InChI=1S/C10H11I2NO3/c1-3-4-7-8(16-6(2)14)5-13(12)10(15)9(7)11/h5H,3-4H2,1-2H3. The summed E-state index contributed by atoms with van der Waals surface area (Å²) in [5, 5.41) is 0. The molecule has 4 nitrogen and oxygen atoms in total. The fraction of sp³-hybridized carbons (Fsp3) is 0.400. The van der Waals surface area contributed by atoms with E-state index in [2.05, 4.69) is 0 Å². The summed E-state index contributed by atoms with van der Waals surface area (Å²) in [7, 11) is 0. The molecule has 16 heavy (non-hydrogen) atoms. The zero-order valence-corrected chi connectivity index (χ0v) is 13.2. The van der Waals surface area contributed by atoms with E-state index in [0.29, 0.717) is 9.32 Å². The molecule has 88 valence electrons. The van der Waals surface area contributed by atoms with E-state index in [4.69, 9.17) is 4.74 Å². The second kappa shape index (κ2) is 5.99. The third kappa shape index (κ3) is 3.19. The van der Waals surface area contributed by atoms with Crippen molar-refractivity contribution in [2.24, 2.45) is 0 Å². The van der Waals surface area contributed by atoms with E-state index < -0.39 is 0 Å². The molecule has 0 saturated carbocycles. The number of halogens is 2. The lowest BCUT2D eigenvalue weighted by molar-refractivity contribution is -0.131. The topological polar surface area (TPSA) is 48.3 Å². The molecule has 0 bridgehead atoms. The van der Waals surface area contributed by atoms with Crippen LogP contribution in [0.25, 0.3) is 0 Å².